The summed E-state index contributed by atoms with van der Waals surface area (Å²) in [4.78, 5) is 11.0. The Hall–Kier alpha value is -0.570. The molecule has 3 nitrogen and oxygen atoms in total. The summed E-state index contributed by atoms with van der Waals surface area (Å²) in [6.07, 6.45) is 4.46. The zero-order valence-electron chi connectivity index (χ0n) is 10.6. The van der Waals surface area contributed by atoms with Gasteiger partial charge in [0, 0.05) is 0 Å². The van der Waals surface area contributed by atoms with E-state index in [2.05, 4.69) is 13.8 Å². The number of rotatable bonds is 4. The van der Waals surface area contributed by atoms with E-state index in [0.717, 1.165) is 19.3 Å². The number of aliphatic carboxylic acids is 1. The summed E-state index contributed by atoms with van der Waals surface area (Å²) in [5.41, 5.74) is -0.982. The molecule has 3 heteroatoms. The second-order valence-electron chi connectivity index (χ2n) is 5.76. The zero-order valence-corrected chi connectivity index (χ0v) is 10.6. The van der Waals surface area contributed by atoms with Gasteiger partial charge in [-0.25, -0.2) is 0 Å². The quantitative estimate of drug-likeness (QED) is 0.777. The zero-order chi connectivity index (χ0) is 12.3. The third kappa shape index (κ3) is 3.21. The third-order valence-corrected chi connectivity index (χ3v) is 3.85. The highest BCUT2D eigenvalue weighted by Crippen LogP contribution is 2.40. The second-order valence-corrected chi connectivity index (χ2v) is 5.76. The summed E-state index contributed by atoms with van der Waals surface area (Å²) in [6.45, 7) is 5.97. The van der Waals surface area contributed by atoms with E-state index in [0.29, 0.717) is 24.7 Å². The first-order valence-corrected chi connectivity index (χ1v) is 6.30. The second kappa shape index (κ2) is 5.17. The minimum absolute atomic E-state index is 0.487. The third-order valence-electron chi connectivity index (χ3n) is 3.85. The lowest BCUT2D eigenvalue weighted by Crippen LogP contribution is -2.44. The Kier molecular flexibility index (Phi) is 4.36. The Morgan fingerprint density at radius 3 is 2.56 bits per heavy atom. The van der Waals surface area contributed by atoms with Crippen molar-refractivity contribution < 1.29 is 15.0 Å². The number of carboxylic acid groups (broad SMARTS) is 1. The molecule has 0 spiro atoms. The molecule has 3 atom stereocenters. The standard InChI is InChI=1S/C13H24O3/c1-9(2)7-11-5-4-6-13(16,8-11)10(3)12(14)15/h9-11,16H,4-8H2,1-3H3,(H,14,15). The molecular formula is C13H24O3. The van der Waals surface area contributed by atoms with Crippen molar-refractivity contribution in [1.82, 2.24) is 0 Å². The summed E-state index contributed by atoms with van der Waals surface area (Å²) in [5, 5.41) is 19.4. The van der Waals surface area contributed by atoms with Gasteiger partial charge in [0.15, 0.2) is 0 Å². The highest BCUT2D eigenvalue weighted by molar-refractivity contribution is 5.71. The molecule has 0 aliphatic heterocycles. The van der Waals surface area contributed by atoms with E-state index in [9.17, 15) is 9.90 Å². The minimum atomic E-state index is -0.982. The normalized spacial score (nSPS) is 32.7. The maximum Gasteiger partial charge on any atom is 0.309 e. The fraction of sp³-hybridized carbons (Fsp3) is 0.923. The Balaban J connectivity index is 2.64. The van der Waals surface area contributed by atoms with E-state index < -0.39 is 17.5 Å². The number of carboxylic acids is 1. The van der Waals surface area contributed by atoms with Gasteiger partial charge >= 0.3 is 5.97 Å². The number of carbonyl (C=O) groups is 1. The van der Waals surface area contributed by atoms with Gasteiger partial charge < -0.3 is 10.2 Å². The van der Waals surface area contributed by atoms with E-state index in [4.69, 9.17) is 5.11 Å². The van der Waals surface area contributed by atoms with Crippen molar-refractivity contribution in [3.05, 3.63) is 0 Å². The van der Waals surface area contributed by atoms with E-state index >= 15 is 0 Å². The van der Waals surface area contributed by atoms with Crippen molar-refractivity contribution in [1.29, 1.82) is 0 Å². The maximum atomic E-state index is 11.0. The van der Waals surface area contributed by atoms with Crippen LogP contribution in [0.15, 0.2) is 0 Å². The van der Waals surface area contributed by atoms with Crippen LogP contribution in [-0.2, 0) is 4.79 Å². The van der Waals surface area contributed by atoms with Gasteiger partial charge in [0.25, 0.3) is 0 Å². The van der Waals surface area contributed by atoms with Gasteiger partial charge in [0.2, 0.25) is 0 Å². The molecule has 1 rings (SSSR count). The average Bonchev–Trinajstić information content (AvgIpc) is 2.15. The summed E-state index contributed by atoms with van der Waals surface area (Å²) in [6, 6.07) is 0. The fourth-order valence-electron chi connectivity index (χ4n) is 2.89. The smallest absolute Gasteiger partial charge is 0.309 e. The van der Waals surface area contributed by atoms with Crippen LogP contribution in [0.2, 0.25) is 0 Å². The van der Waals surface area contributed by atoms with Crippen molar-refractivity contribution in [3.8, 4) is 0 Å². The fourth-order valence-corrected chi connectivity index (χ4v) is 2.89. The molecule has 0 aromatic carbocycles. The van der Waals surface area contributed by atoms with Crippen LogP contribution in [0.3, 0.4) is 0 Å². The number of hydrogen-bond donors (Lipinski definition) is 2. The molecule has 94 valence electrons. The number of aliphatic hydroxyl groups is 1. The van der Waals surface area contributed by atoms with Crippen LogP contribution < -0.4 is 0 Å². The van der Waals surface area contributed by atoms with Crippen LogP contribution in [-0.4, -0.2) is 21.8 Å². The van der Waals surface area contributed by atoms with Crippen LogP contribution in [0.5, 0.6) is 0 Å². The lowest BCUT2D eigenvalue weighted by atomic mass is 9.70. The van der Waals surface area contributed by atoms with Gasteiger partial charge in [-0.1, -0.05) is 26.7 Å². The highest BCUT2D eigenvalue weighted by Gasteiger charge is 2.42. The first kappa shape index (κ1) is 13.5. The van der Waals surface area contributed by atoms with E-state index in [-0.39, 0.29) is 0 Å². The Labute approximate surface area is 97.9 Å². The number of hydrogen-bond acceptors (Lipinski definition) is 2. The molecule has 2 N–H and O–H groups in total. The van der Waals surface area contributed by atoms with Crippen LogP contribution in [0.1, 0.15) is 52.9 Å². The SMILES string of the molecule is CC(C)CC1CCCC(O)(C(C)C(=O)O)C1. The molecule has 0 aromatic rings. The molecule has 1 saturated carbocycles. The van der Waals surface area contributed by atoms with Crippen LogP contribution >= 0.6 is 0 Å². The van der Waals surface area contributed by atoms with Crippen molar-refractivity contribution in [2.24, 2.45) is 17.8 Å². The van der Waals surface area contributed by atoms with E-state index in [1.54, 1.807) is 6.92 Å². The highest BCUT2D eigenvalue weighted by atomic mass is 16.4. The molecule has 0 bridgehead atoms. The maximum absolute atomic E-state index is 11.0. The van der Waals surface area contributed by atoms with E-state index in [1.807, 2.05) is 0 Å². The van der Waals surface area contributed by atoms with Gasteiger partial charge in [0.05, 0.1) is 11.5 Å². The van der Waals surface area contributed by atoms with Crippen molar-refractivity contribution in [3.63, 3.8) is 0 Å². The lowest BCUT2D eigenvalue weighted by Gasteiger charge is -2.40. The summed E-state index contributed by atoms with van der Waals surface area (Å²) >= 11 is 0. The first-order valence-electron chi connectivity index (χ1n) is 6.30. The lowest BCUT2D eigenvalue weighted by molar-refractivity contribution is -0.154. The molecule has 1 fully saturated rings. The van der Waals surface area contributed by atoms with Crippen molar-refractivity contribution in [2.45, 2.75) is 58.5 Å². The molecule has 16 heavy (non-hydrogen) atoms. The predicted molar refractivity (Wildman–Crippen MR) is 63.2 cm³/mol. The van der Waals surface area contributed by atoms with E-state index in [1.165, 1.54) is 0 Å². The molecule has 0 radical (unpaired) electrons. The molecule has 0 heterocycles. The molecule has 0 aromatic heterocycles. The predicted octanol–water partition coefficient (Wildman–Crippen LogP) is 2.67. The van der Waals surface area contributed by atoms with Crippen molar-refractivity contribution in [2.75, 3.05) is 0 Å². The average molecular weight is 228 g/mol. The summed E-state index contributed by atoms with van der Waals surface area (Å²) < 4.78 is 0. The molecule has 0 saturated heterocycles. The minimum Gasteiger partial charge on any atom is -0.481 e. The van der Waals surface area contributed by atoms with Gasteiger partial charge in [0.1, 0.15) is 0 Å². The molecule has 0 amide bonds. The summed E-state index contributed by atoms with van der Waals surface area (Å²) in [5.74, 6) is -0.428. The Bertz CT molecular complexity index is 250. The largest absolute Gasteiger partial charge is 0.481 e. The Morgan fingerprint density at radius 1 is 1.44 bits per heavy atom. The van der Waals surface area contributed by atoms with Gasteiger partial charge in [-0.15, -0.1) is 0 Å². The topological polar surface area (TPSA) is 57.5 Å². The monoisotopic (exact) mass is 228 g/mol. The molecule has 1 aliphatic rings. The molecule has 1 aliphatic carbocycles. The van der Waals surface area contributed by atoms with Crippen LogP contribution in [0.25, 0.3) is 0 Å². The van der Waals surface area contributed by atoms with Gasteiger partial charge in [-0.2, -0.15) is 0 Å². The molecule has 3 unspecified atom stereocenters. The first-order chi connectivity index (χ1) is 7.35. The van der Waals surface area contributed by atoms with Gasteiger partial charge in [-0.05, 0) is 38.0 Å². The van der Waals surface area contributed by atoms with Crippen LogP contribution in [0, 0.1) is 17.8 Å². The van der Waals surface area contributed by atoms with Gasteiger partial charge in [-0.3, -0.25) is 4.79 Å². The molecular weight excluding hydrogens is 204 g/mol. The Morgan fingerprint density at radius 2 is 2.06 bits per heavy atom. The van der Waals surface area contributed by atoms with Crippen molar-refractivity contribution >= 4 is 5.97 Å². The summed E-state index contributed by atoms with van der Waals surface area (Å²) in [7, 11) is 0. The van der Waals surface area contributed by atoms with Crippen LogP contribution in [0.4, 0.5) is 0 Å².